The number of amidine groups is 1. The Bertz CT molecular complexity index is 160. The van der Waals surface area contributed by atoms with Crippen molar-refractivity contribution in [2.75, 3.05) is 7.05 Å². The molecule has 0 spiro atoms. The Hall–Kier alpha value is -0.640. The average molecular weight is 174 g/mol. The van der Waals surface area contributed by atoms with Gasteiger partial charge in [-0.25, -0.2) is 0 Å². The molecule has 1 N–H and O–H groups in total. The summed E-state index contributed by atoms with van der Waals surface area (Å²) < 4.78 is 0. The lowest BCUT2D eigenvalue weighted by Crippen LogP contribution is -2.32. The van der Waals surface area contributed by atoms with Gasteiger partial charge in [0.1, 0.15) is 5.84 Å². The van der Waals surface area contributed by atoms with E-state index in [9.17, 15) is 0 Å². The third kappa shape index (κ3) is 3.93. The molecule has 0 aromatic heterocycles. The van der Waals surface area contributed by atoms with Crippen molar-refractivity contribution in [1.29, 1.82) is 0 Å². The fourth-order valence-electron chi connectivity index (χ4n) is 0.632. The lowest BCUT2D eigenvalue weighted by Gasteiger charge is -2.19. The molecule has 0 aliphatic rings. The summed E-state index contributed by atoms with van der Waals surface area (Å²) in [6.45, 7) is 6.11. The van der Waals surface area contributed by atoms with Gasteiger partial charge in [0.15, 0.2) is 5.55 Å². The van der Waals surface area contributed by atoms with Crippen molar-refractivity contribution in [2.24, 2.45) is 10.6 Å². The van der Waals surface area contributed by atoms with Gasteiger partial charge in [0.25, 0.3) is 0 Å². The van der Waals surface area contributed by atoms with Crippen LogP contribution in [-0.2, 0) is 4.84 Å². The lowest BCUT2D eigenvalue weighted by atomic mass is 9.95. The molecule has 0 bridgehead atoms. The van der Waals surface area contributed by atoms with E-state index in [0.29, 0.717) is 0 Å². The van der Waals surface area contributed by atoms with E-state index in [1.807, 2.05) is 20.8 Å². The summed E-state index contributed by atoms with van der Waals surface area (Å²) in [7, 11) is 1.80. The van der Waals surface area contributed by atoms with Crippen LogP contribution in [0, 0.1) is 5.41 Å². The van der Waals surface area contributed by atoms with E-state index in [2.05, 4.69) is 27.5 Å². The molecule has 0 aromatic rings. The van der Waals surface area contributed by atoms with Crippen LogP contribution >= 0.6 is 12.2 Å². The third-order valence-electron chi connectivity index (χ3n) is 1.13. The van der Waals surface area contributed by atoms with Gasteiger partial charge in [-0.15, -0.1) is 0 Å². The van der Waals surface area contributed by atoms with Crippen LogP contribution in [0.1, 0.15) is 20.8 Å². The van der Waals surface area contributed by atoms with Crippen molar-refractivity contribution in [2.45, 2.75) is 20.8 Å². The molecule has 0 aliphatic carbocycles. The highest BCUT2D eigenvalue weighted by molar-refractivity contribution is 7.78. The number of nitrogens with zero attached hydrogens (tertiary/aromatic N) is 1. The smallest absolute Gasteiger partial charge is 0.185 e. The molecule has 11 heavy (non-hydrogen) atoms. The Labute approximate surface area is 72.8 Å². The predicted molar refractivity (Wildman–Crippen MR) is 50.7 cm³/mol. The summed E-state index contributed by atoms with van der Waals surface area (Å²) in [5, 5.41) is 6.71. The molecular weight excluding hydrogens is 160 g/mol. The molecule has 0 atom stereocenters. The zero-order valence-corrected chi connectivity index (χ0v) is 8.16. The number of nitrogens with one attached hydrogen (secondary N) is 1. The highest BCUT2D eigenvalue weighted by Gasteiger charge is 2.17. The van der Waals surface area contributed by atoms with E-state index in [0.717, 1.165) is 11.4 Å². The quantitative estimate of drug-likeness (QED) is 0.298. The van der Waals surface area contributed by atoms with Crippen LogP contribution < -0.4 is 5.32 Å². The molecule has 0 aromatic carbocycles. The van der Waals surface area contributed by atoms with Crippen molar-refractivity contribution in [3.05, 3.63) is 0 Å². The Morgan fingerprint density at radius 2 is 2.09 bits per heavy atom. The minimum atomic E-state index is -0.0346. The highest BCUT2D eigenvalue weighted by Crippen LogP contribution is 2.13. The van der Waals surface area contributed by atoms with Crippen molar-refractivity contribution in [3.63, 3.8) is 0 Å². The van der Waals surface area contributed by atoms with Crippen LogP contribution in [0.25, 0.3) is 0 Å². The molecule has 0 amide bonds. The molecule has 0 saturated heterocycles. The fraction of sp³-hybridized carbons (Fsp3) is 0.714. The van der Waals surface area contributed by atoms with E-state index < -0.39 is 0 Å². The van der Waals surface area contributed by atoms with Gasteiger partial charge >= 0.3 is 0 Å². The van der Waals surface area contributed by atoms with Gasteiger partial charge in [0, 0.05) is 12.5 Å². The highest BCUT2D eigenvalue weighted by atomic mass is 32.1. The molecule has 4 heteroatoms. The van der Waals surface area contributed by atoms with Crippen molar-refractivity contribution in [3.8, 4) is 0 Å². The minimum Gasteiger partial charge on any atom is -0.373 e. The van der Waals surface area contributed by atoms with E-state index in [1.165, 1.54) is 0 Å². The second-order valence-electron chi connectivity index (χ2n) is 3.14. The molecule has 3 nitrogen and oxygen atoms in total. The van der Waals surface area contributed by atoms with Gasteiger partial charge in [-0.2, -0.15) is 0 Å². The summed E-state index contributed by atoms with van der Waals surface area (Å²) in [6, 6.07) is 0. The summed E-state index contributed by atoms with van der Waals surface area (Å²) >= 11 is 4.46. The van der Waals surface area contributed by atoms with Gasteiger partial charge in [-0.3, -0.25) is 0 Å². The van der Waals surface area contributed by atoms with Crippen LogP contribution in [0.2, 0.25) is 0 Å². The Kier molecular flexibility index (Phi) is 4.03. The van der Waals surface area contributed by atoms with Crippen LogP contribution in [0.5, 0.6) is 0 Å². The molecule has 64 valence electrons. The number of thiocarbonyl (C=S) groups is 1. The molecule has 0 unspecified atom stereocenters. The maximum Gasteiger partial charge on any atom is 0.185 e. The first-order valence-electron chi connectivity index (χ1n) is 3.38. The lowest BCUT2D eigenvalue weighted by molar-refractivity contribution is 0.340. The van der Waals surface area contributed by atoms with Crippen LogP contribution in [0.15, 0.2) is 5.16 Å². The Balaban J connectivity index is 4.26. The number of hydrogen-bond acceptors (Lipinski definition) is 3. The van der Waals surface area contributed by atoms with E-state index >= 15 is 0 Å². The molecule has 0 aliphatic heterocycles. The van der Waals surface area contributed by atoms with Gasteiger partial charge in [-0.05, 0) is 12.2 Å². The predicted octanol–water partition coefficient (Wildman–Crippen LogP) is 1.54. The van der Waals surface area contributed by atoms with E-state index in [4.69, 9.17) is 0 Å². The van der Waals surface area contributed by atoms with E-state index in [-0.39, 0.29) is 5.41 Å². The maximum absolute atomic E-state index is 4.63. The topological polar surface area (TPSA) is 33.6 Å². The SMILES string of the molecule is CN/C(=N\OC=S)C(C)(C)C. The number of oxime groups is 1. The maximum atomic E-state index is 4.63. The zero-order valence-electron chi connectivity index (χ0n) is 7.34. The van der Waals surface area contributed by atoms with Crippen LogP contribution in [-0.4, -0.2) is 18.4 Å². The van der Waals surface area contributed by atoms with E-state index in [1.54, 1.807) is 7.05 Å². The van der Waals surface area contributed by atoms with Crippen molar-refractivity contribution >= 4 is 23.6 Å². The van der Waals surface area contributed by atoms with Crippen LogP contribution in [0.3, 0.4) is 0 Å². The first-order chi connectivity index (χ1) is 5.02. The summed E-state index contributed by atoms with van der Waals surface area (Å²) in [4.78, 5) is 4.63. The Morgan fingerprint density at radius 1 is 1.55 bits per heavy atom. The zero-order chi connectivity index (χ0) is 8.91. The molecular formula is C7H14N2OS. The fourth-order valence-corrected chi connectivity index (χ4v) is 0.675. The monoisotopic (exact) mass is 174 g/mol. The number of hydrogen-bond donors (Lipinski definition) is 1. The van der Waals surface area contributed by atoms with Crippen molar-refractivity contribution < 1.29 is 4.84 Å². The standard InChI is InChI=1S/C7H14N2OS/c1-7(2,3)6(8-4)9-10-5-11/h5H,1-4H3,(H,8,9). The van der Waals surface area contributed by atoms with Crippen LogP contribution in [0.4, 0.5) is 0 Å². The second kappa shape index (κ2) is 4.28. The third-order valence-corrected chi connectivity index (χ3v) is 1.22. The molecule has 0 saturated carbocycles. The summed E-state index contributed by atoms with van der Waals surface area (Å²) in [6.07, 6.45) is 0. The summed E-state index contributed by atoms with van der Waals surface area (Å²) in [5.74, 6) is 0.776. The Morgan fingerprint density at radius 3 is 2.36 bits per heavy atom. The van der Waals surface area contributed by atoms with Crippen molar-refractivity contribution in [1.82, 2.24) is 5.32 Å². The minimum absolute atomic E-state index is 0.0346. The van der Waals surface area contributed by atoms with Gasteiger partial charge in [0.2, 0.25) is 0 Å². The normalized spacial score (nSPS) is 12.5. The second-order valence-corrected chi connectivity index (χ2v) is 3.33. The van der Waals surface area contributed by atoms with Gasteiger partial charge < -0.3 is 10.2 Å². The average Bonchev–Trinajstić information content (AvgIpc) is 1.87. The largest absolute Gasteiger partial charge is 0.373 e. The number of rotatable bonds is 2. The molecule has 0 fully saturated rings. The van der Waals surface area contributed by atoms with Gasteiger partial charge in [0.05, 0.1) is 0 Å². The molecule has 0 radical (unpaired) electrons. The first kappa shape index (κ1) is 10.4. The molecule has 0 heterocycles. The first-order valence-corrected chi connectivity index (χ1v) is 3.85. The summed E-state index contributed by atoms with van der Waals surface area (Å²) in [5.41, 5.74) is 1.09. The molecule has 0 rings (SSSR count). The van der Waals surface area contributed by atoms with Gasteiger partial charge in [-0.1, -0.05) is 25.9 Å².